The minimum absolute atomic E-state index is 0.124. The van der Waals surface area contributed by atoms with E-state index in [1.54, 1.807) is 26.8 Å². The zero-order valence-corrected chi connectivity index (χ0v) is 9.19. The third kappa shape index (κ3) is 3.97. The highest BCUT2D eigenvalue weighted by atomic mass is 16.6. The molecule has 15 heavy (non-hydrogen) atoms. The molecule has 1 aliphatic heterocycles. The van der Waals surface area contributed by atoms with Crippen LogP contribution in [0.2, 0.25) is 0 Å². The van der Waals surface area contributed by atoms with Crippen LogP contribution in [-0.4, -0.2) is 28.9 Å². The fourth-order valence-electron chi connectivity index (χ4n) is 1.02. The zero-order chi connectivity index (χ0) is 11.5. The van der Waals surface area contributed by atoms with Gasteiger partial charge >= 0.3 is 6.09 Å². The van der Waals surface area contributed by atoms with Crippen molar-refractivity contribution >= 4 is 11.9 Å². The van der Waals surface area contributed by atoms with Gasteiger partial charge in [-0.1, -0.05) is 6.08 Å². The maximum atomic E-state index is 11.6. The lowest BCUT2D eigenvalue weighted by Crippen LogP contribution is -2.33. The summed E-state index contributed by atoms with van der Waals surface area (Å²) in [5.41, 5.74) is -0.523. The Morgan fingerprint density at radius 2 is 2.07 bits per heavy atom. The minimum Gasteiger partial charge on any atom is -0.443 e. The molecule has 0 aromatic carbocycles. The van der Waals surface area contributed by atoms with Crippen LogP contribution in [0.25, 0.3) is 0 Å². The summed E-state index contributed by atoms with van der Waals surface area (Å²) in [7, 11) is 0. The summed E-state index contributed by atoms with van der Waals surface area (Å²) < 4.78 is 5.16. The van der Waals surface area contributed by atoms with Crippen molar-refractivity contribution in [1.29, 1.82) is 0 Å². The first-order valence-electron chi connectivity index (χ1n) is 4.77. The minimum atomic E-state index is -0.523. The van der Waals surface area contributed by atoms with E-state index in [9.17, 15) is 9.59 Å². The van der Waals surface area contributed by atoms with Crippen molar-refractivity contribution in [2.75, 3.05) is 6.54 Å². The maximum absolute atomic E-state index is 11.6. The highest BCUT2D eigenvalue weighted by Gasteiger charge is 2.20. The van der Waals surface area contributed by atoms with Crippen molar-refractivity contribution < 1.29 is 14.3 Å². The second-order valence-corrected chi connectivity index (χ2v) is 4.25. The fraction of sp³-hybridized carbons (Fsp3) is 0.455. The molecule has 0 spiro atoms. The largest absolute Gasteiger partial charge is 0.443 e. The molecule has 0 unspecified atom stereocenters. The average Bonchev–Trinajstić information content (AvgIpc) is 2.26. The number of rotatable bonds is 0. The number of ketones is 1. The van der Waals surface area contributed by atoms with Crippen LogP contribution in [-0.2, 0) is 9.53 Å². The molecule has 0 aromatic rings. The lowest BCUT2D eigenvalue weighted by Gasteiger charge is -2.24. The van der Waals surface area contributed by atoms with Gasteiger partial charge in [0.05, 0.1) is 0 Å². The smallest absolute Gasteiger partial charge is 0.414 e. The first-order chi connectivity index (χ1) is 6.88. The van der Waals surface area contributed by atoms with Crippen molar-refractivity contribution in [2.45, 2.75) is 26.4 Å². The number of carbonyl (C=O) groups excluding carboxylic acids is 2. The fourth-order valence-corrected chi connectivity index (χ4v) is 1.02. The normalized spacial score (nSPS) is 16.5. The number of carbonyl (C=O) groups is 2. The summed E-state index contributed by atoms with van der Waals surface area (Å²) in [5, 5.41) is 0. The van der Waals surface area contributed by atoms with E-state index >= 15 is 0 Å². The molecule has 1 amide bonds. The van der Waals surface area contributed by atoms with Gasteiger partial charge in [-0.2, -0.15) is 0 Å². The van der Waals surface area contributed by atoms with E-state index in [1.165, 1.54) is 23.3 Å². The lowest BCUT2D eigenvalue weighted by molar-refractivity contribution is -0.110. The van der Waals surface area contributed by atoms with Crippen LogP contribution in [0.3, 0.4) is 0 Å². The number of ether oxygens (including phenoxy) is 1. The number of hydrogen-bond donors (Lipinski definition) is 0. The predicted molar refractivity (Wildman–Crippen MR) is 56.2 cm³/mol. The second-order valence-electron chi connectivity index (χ2n) is 4.25. The molecule has 4 heteroatoms. The van der Waals surface area contributed by atoms with Gasteiger partial charge in [-0.25, -0.2) is 4.79 Å². The third-order valence-corrected chi connectivity index (χ3v) is 1.63. The molecule has 1 rings (SSSR count). The van der Waals surface area contributed by atoms with Gasteiger partial charge in [-0.05, 0) is 26.8 Å². The predicted octanol–water partition coefficient (Wildman–Crippen LogP) is 1.88. The van der Waals surface area contributed by atoms with Crippen LogP contribution in [0.15, 0.2) is 24.4 Å². The van der Waals surface area contributed by atoms with Crippen LogP contribution >= 0.6 is 0 Å². The Balaban J connectivity index is 2.65. The van der Waals surface area contributed by atoms with Crippen LogP contribution in [0, 0.1) is 0 Å². The summed E-state index contributed by atoms with van der Waals surface area (Å²) in [6.07, 6.45) is 5.40. The molecule has 0 atom stereocenters. The zero-order valence-electron chi connectivity index (χ0n) is 9.19. The van der Waals surface area contributed by atoms with E-state index in [0.29, 0.717) is 6.54 Å². The Bertz CT molecular complexity index is 323. The molecule has 0 aliphatic carbocycles. The topological polar surface area (TPSA) is 46.6 Å². The van der Waals surface area contributed by atoms with Gasteiger partial charge in [0, 0.05) is 18.8 Å². The van der Waals surface area contributed by atoms with Gasteiger partial charge in [-0.3, -0.25) is 9.69 Å². The van der Waals surface area contributed by atoms with Crippen molar-refractivity contribution in [3.05, 3.63) is 24.4 Å². The van der Waals surface area contributed by atoms with Crippen LogP contribution in [0.5, 0.6) is 0 Å². The Hall–Kier alpha value is -1.58. The Labute approximate surface area is 89.2 Å². The molecule has 4 nitrogen and oxygen atoms in total. The van der Waals surface area contributed by atoms with Crippen molar-refractivity contribution in [2.24, 2.45) is 0 Å². The van der Waals surface area contributed by atoms with Crippen molar-refractivity contribution in [3.63, 3.8) is 0 Å². The molecule has 0 radical (unpaired) electrons. The quantitative estimate of drug-likeness (QED) is 0.612. The lowest BCUT2D eigenvalue weighted by atomic mass is 10.2. The summed E-state index contributed by atoms with van der Waals surface area (Å²) in [6.45, 7) is 5.76. The third-order valence-electron chi connectivity index (χ3n) is 1.63. The maximum Gasteiger partial charge on any atom is 0.414 e. The van der Waals surface area contributed by atoms with Gasteiger partial charge in [0.2, 0.25) is 0 Å². The highest BCUT2D eigenvalue weighted by Crippen LogP contribution is 2.11. The summed E-state index contributed by atoms with van der Waals surface area (Å²) in [4.78, 5) is 23.9. The number of hydrogen-bond acceptors (Lipinski definition) is 3. The SMILES string of the molecule is CC(C)(C)OC(=O)N1C=CC(=O)C=CC1. The number of nitrogens with zero attached hydrogens (tertiary/aromatic N) is 1. The van der Waals surface area contributed by atoms with E-state index in [2.05, 4.69) is 0 Å². The highest BCUT2D eigenvalue weighted by molar-refractivity contribution is 5.99. The summed E-state index contributed by atoms with van der Waals surface area (Å²) in [5.74, 6) is -0.124. The molecule has 82 valence electrons. The number of allylic oxidation sites excluding steroid dienone is 2. The first-order valence-corrected chi connectivity index (χ1v) is 4.77. The summed E-state index contributed by atoms with van der Waals surface area (Å²) in [6, 6.07) is 0. The van der Waals surface area contributed by atoms with E-state index in [0.717, 1.165) is 0 Å². The monoisotopic (exact) mass is 209 g/mol. The van der Waals surface area contributed by atoms with Gasteiger partial charge in [0.15, 0.2) is 5.78 Å². The Kier molecular flexibility index (Phi) is 3.29. The first kappa shape index (κ1) is 11.5. The van der Waals surface area contributed by atoms with Crippen molar-refractivity contribution in [1.82, 2.24) is 4.90 Å². The Morgan fingerprint density at radius 1 is 1.40 bits per heavy atom. The molecule has 0 saturated heterocycles. The average molecular weight is 209 g/mol. The molecule has 0 bridgehead atoms. The van der Waals surface area contributed by atoms with Crippen LogP contribution < -0.4 is 0 Å². The molecule has 1 heterocycles. The van der Waals surface area contributed by atoms with E-state index < -0.39 is 11.7 Å². The van der Waals surface area contributed by atoms with Crippen LogP contribution in [0.4, 0.5) is 4.79 Å². The number of amides is 1. The van der Waals surface area contributed by atoms with Gasteiger partial charge in [0.25, 0.3) is 0 Å². The second kappa shape index (κ2) is 4.29. The molecule has 0 fully saturated rings. The van der Waals surface area contributed by atoms with Crippen molar-refractivity contribution in [3.8, 4) is 0 Å². The molecule has 1 aliphatic rings. The molecule has 0 saturated carbocycles. The van der Waals surface area contributed by atoms with Gasteiger partial charge in [0.1, 0.15) is 5.60 Å². The van der Waals surface area contributed by atoms with E-state index in [-0.39, 0.29) is 5.78 Å². The van der Waals surface area contributed by atoms with Gasteiger partial charge in [-0.15, -0.1) is 0 Å². The van der Waals surface area contributed by atoms with E-state index in [4.69, 9.17) is 4.74 Å². The molecule has 0 N–H and O–H groups in total. The molecular weight excluding hydrogens is 194 g/mol. The molecular formula is C11H15NO3. The standard InChI is InChI=1S/C11H15NO3/c1-11(2,3)15-10(14)12-7-4-5-9(13)6-8-12/h4-6,8H,7H2,1-3H3. The Morgan fingerprint density at radius 3 is 2.67 bits per heavy atom. The summed E-state index contributed by atoms with van der Waals surface area (Å²) >= 11 is 0. The van der Waals surface area contributed by atoms with Crippen LogP contribution in [0.1, 0.15) is 20.8 Å². The van der Waals surface area contributed by atoms with E-state index in [1.807, 2.05) is 0 Å². The molecule has 0 aromatic heterocycles. The van der Waals surface area contributed by atoms with Gasteiger partial charge < -0.3 is 4.74 Å².